The molecule has 3 rings (SSSR count). The molecule has 0 bridgehead atoms. The van der Waals surface area contributed by atoms with Crippen molar-refractivity contribution in [1.29, 1.82) is 0 Å². The molecule has 1 amide bonds. The Labute approximate surface area is 227 Å². The lowest BCUT2D eigenvalue weighted by Crippen LogP contribution is -2.43. The van der Waals surface area contributed by atoms with Gasteiger partial charge in [-0.25, -0.2) is 18.0 Å². The Bertz CT molecular complexity index is 1230. The van der Waals surface area contributed by atoms with Crippen molar-refractivity contribution in [2.45, 2.75) is 63.1 Å². The van der Waals surface area contributed by atoms with E-state index in [4.69, 9.17) is 19.7 Å². The van der Waals surface area contributed by atoms with Gasteiger partial charge in [-0.05, 0) is 63.2 Å². The number of nitrogens with two attached hydrogens (primary N) is 1. The number of likely N-dealkylation sites (tertiary alicyclic amines) is 1. The largest absolute Gasteiger partial charge is 0.475 e. The molecule has 2 aromatic rings. The van der Waals surface area contributed by atoms with E-state index in [-0.39, 0.29) is 22.6 Å². The summed E-state index contributed by atoms with van der Waals surface area (Å²) in [5.74, 6) is -2.13. The van der Waals surface area contributed by atoms with E-state index >= 15 is 0 Å². The van der Waals surface area contributed by atoms with Crippen LogP contribution in [0.5, 0.6) is 5.88 Å². The molecule has 0 radical (unpaired) electrons. The number of piperidine rings is 1. The highest BCUT2D eigenvalue weighted by molar-refractivity contribution is 7.89. The van der Waals surface area contributed by atoms with Crippen molar-refractivity contribution >= 4 is 28.1 Å². The minimum Gasteiger partial charge on any atom is -0.475 e. The van der Waals surface area contributed by atoms with Gasteiger partial charge in [-0.1, -0.05) is 18.2 Å². The zero-order valence-corrected chi connectivity index (χ0v) is 22.9. The van der Waals surface area contributed by atoms with Crippen molar-refractivity contribution in [3.05, 3.63) is 42.2 Å². The van der Waals surface area contributed by atoms with Crippen molar-refractivity contribution < 1.29 is 41.5 Å². The van der Waals surface area contributed by atoms with Gasteiger partial charge in [0.15, 0.2) is 0 Å². The maximum atomic E-state index is 12.3. The number of nitrogens with one attached hydrogen (secondary N) is 1. The monoisotopic (exact) mass is 566 g/mol. The van der Waals surface area contributed by atoms with Crippen LogP contribution in [0, 0.1) is 5.92 Å². The molecule has 1 saturated heterocycles. The number of hydrogen-bond donors (Lipinski definition) is 2. The van der Waals surface area contributed by atoms with E-state index < -0.39 is 40.1 Å². The number of esters is 2. The third kappa shape index (κ3) is 9.64. The molecule has 0 spiro atoms. The number of amides is 1. The zero-order chi connectivity index (χ0) is 28.6. The molecule has 3 N–H and O–H groups in total. The van der Waals surface area contributed by atoms with Gasteiger partial charge in [0.05, 0.1) is 30.2 Å². The number of aromatic nitrogens is 1. The van der Waals surface area contributed by atoms with Crippen LogP contribution in [0.15, 0.2) is 45.8 Å². The highest BCUT2D eigenvalue weighted by Crippen LogP contribution is 2.23. The quantitative estimate of drug-likeness (QED) is 0.245. The summed E-state index contributed by atoms with van der Waals surface area (Å²) >= 11 is 0. The van der Waals surface area contributed by atoms with Crippen molar-refractivity contribution in [1.82, 2.24) is 14.8 Å². The summed E-state index contributed by atoms with van der Waals surface area (Å²) < 4.78 is 47.2. The van der Waals surface area contributed by atoms with Crippen molar-refractivity contribution in [2.75, 3.05) is 19.7 Å². The molecule has 0 aliphatic carbocycles. The van der Waals surface area contributed by atoms with E-state index in [0.29, 0.717) is 32.0 Å². The molecular formula is C25H34N4O9S. The number of carbonyl (C=O) groups excluding carboxylic acids is 3. The number of benzene rings is 1. The molecule has 14 heteroatoms. The van der Waals surface area contributed by atoms with Crippen LogP contribution in [0.1, 0.15) is 57.0 Å². The van der Waals surface area contributed by atoms with Gasteiger partial charge in [0, 0.05) is 13.1 Å². The predicted molar refractivity (Wildman–Crippen MR) is 137 cm³/mol. The van der Waals surface area contributed by atoms with Gasteiger partial charge >= 0.3 is 18.0 Å². The molecule has 1 fully saturated rings. The summed E-state index contributed by atoms with van der Waals surface area (Å²) in [7, 11) is -3.95. The normalized spacial score (nSPS) is 15.4. The van der Waals surface area contributed by atoms with E-state index in [2.05, 4.69) is 14.6 Å². The third-order valence-electron chi connectivity index (χ3n) is 5.69. The summed E-state index contributed by atoms with van der Waals surface area (Å²) in [6, 6.07) is 8.67. The van der Waals surface area contributed by atoms with Gasteiger partial charge in [-0.3, -0.25) is 4.79 Å². The van der Waals surface area contributed by atoms with Crippen LogP contribution in [0.2, 0.25) is 0 Å². The second-order valence-electron chi connectivity index (χ2n) is 10.1. The van der Waals surface area contributed by atoms with Crippen molar-refractivity contribution in [2.24, 2.45) is 11.7 Å². The Balaban J connectivity index is 1.37. The maximum Gasteiger partial charge on any atom is 0.410 e. The lowest BCUT2D eigenvalue weighted by molar-refractivity contribution is -0.138. The molecule has 1 atom stereocenters. The SMILES string of the molecule is CC(C)(C)OC(=O)N1CCC(CCOc2cc(C(=O)OC(=O)C[C@@H](N)NS(=O)(=O)c3ccccc3)on2)CC1. The van der Waals surface area contributed by atoms with Crippen molar-refractivity contribution in [3.63, 3.8) is 0 Å². The molecular weight excluding hydrogens is 532 g/mol. The summed E-state index contributed by atoms with van der Waals surface area (Å²) in [6.45, 7) is 7.01. The number of hydrogen-bond acceptors (Lipinski definition) is 11. The number of sulfonamides is 1. The smallest absolute Gasteiger partial charge is 0.410 e. The maximum absolute atomic E-state index is 12.3. The standard InChI is InChI=1S/C25H34N4O9S/c1-25(2,3)37-24(32)29-12-9-17(10-13-29)11-14-35-21-15-19(38-27-21)23(31)36-22(30)16-20(26)28-39(33,34)18-7-5-4-6-8-18/h4-8,15,17,20,28H,9-14,16,26H2,1-3H3/t20-/m0/s1. The average molecular weight is 567 g/mol. The van der Waals surface area contributed by atoms with Crippen LogP contribution >= 0.6 is 0 Å². The van der Waals surface area contributed by atoms with E-state index in [1.54, 1.807) is 23.1 Å². The predicted octanol–water partition coefficient (Wildman–Crippen LogP) is 2.43. The third-order valence-corrected chi connectivity index (χ3v) is 7.19. The number of nitrogens with zero attached hydrogens (tertiary/aromatic N) is 2. The first-order valence-electron chi connectivity index (χ1n) is 12.5. The Hall–Kier alpha value is -3.49. The number of rotatable bonds is 10. The van der Waals surface area contributed by atoms with Gasteiger partial charge < -0.3 is 29.4 Å². The summed E-state index contributed by atoms with van der Waals surface area (Å²) in [4.78, 5) is 38.1. The van der Waals surface area contributed by atoms with E-state index in [0.717, 1.165) is 12.8 Å². The second kappa shape index (κ2) is 13.0. The van der Waals surface area contributed by atoms with Crippen LogP contribution in [0.4, 0.5) is 4.79 Å². The Morgan fingerprint density at radius 2 is 1.85 bits per heavy atom. The van der Waals surface area contributed by atoms with Crippen molar-refractivity contribution in [3.8, 4) is 5.88 Å². The van der Waals surface area contributed by atoms with Crippen LogP contribution < -0.4 is 15.2 Å². The Morgan fingerprint density at radius 3 is 2.49 bits per heavy atom. The topological polar surface area (TPSA) is 180 Å². The molecule has 1 aliphatic heterocycles. The molecule has 214 valence electrons. The molecule has 1 aromatic heterocycles. The van der Waals surface area contributed by atoms with Gasteiger partial charge in [0.25, 0.3) is 5.88 Å². The van der Waals surface area contributed by atoms with Crippen LogP contribution in [-0.4, -0.2) is 68.0 Å². The first-order valence-corrected chi connectivity index (χ1v) is 14.0. The van der Waals surface area contributed by atoms with E-state index in [9.17, 15) is 22.8 Å². The average Bonchev–Trinajstić information content (AvgIpc) is 3.32. The van der Waals surface area contributed by atoms with Crippen LogP contribution in [0.3, 0.4) is 0 Å². The molecule has 39 heavy (non-hydrogen) atoms. The fraction of sp³-hybridized carbons (Fsp3) is 0.520. The molecule has 2 heterocycles. The number of carbonyl (C=O) groups is 3. The minimum atomic E-state index is -3.95. The van der Waals surface area contributed by atoms with Gasteiger partial charge in [0.1, 0.15) is 5.60 Å². The minimum absolute atomic E-state index is 0.0228. The zero-order valence-electron chi connectivity index (χ0n) is 22.1. The molecule has 13 nitrogen and oxygen atoms in total. The van der Waals surface area contributed by atoms with E-state index in [1.807, 2.05) is 20.8 Å². The summed E-state index contributed by atoms with van der Waals surface area (Å²) in [6.07, 6.45) is 0.106. The summed E-state index contributed by atoms with van der Waals surface area (Å²) in [5, 5.41) is 3.64. The Kier molecular flexibility index (Phi) is 10.1. The molecule has 1 aromatic carbocycles. The van der Waals surface area contributed by atoms with Gasteiger partial charge in [0.2, 0.25) is 15.8 Å². The molecule has 0 saturated carbocycles. The second-order valence-corrected chi connectivity index (χ2v) is 11.8. The summed E-state index contributed by atoms with van der Waals surface area (Å²) in [5.41, 5.74) is 5.16. The van der Waals surface area contributed by atoms with Gasteiger partial charge in [-0.2, -0.15) is 4.72 Å². The fourth-order valence-electron chi connectivity index (χ4n) is 3.77. The Morgan fingerprint density at radius 1 is 1.18 bits per heavy atom. The fourth-order valence-corrected chi connectivity index (χ4v) is 4.90. The molecule has 1 aliphatic rings. The van der Waals surface area contributed by atoms with Gasteiger partial charge in [-0.15, -0.1) is 0 Å². The lowest BCUT2D eigenvalue weighted by Gasteiger charge is -2.33. The van der Waals surface area contributed by atoms with Crippen LogP contribution in [-0.2, 0) is 24.3 Å². The highest BCUT2D eigenvalue weighted by Gasteiger charge is 2.27. The number of ether oxygens (including phenoxy) is 3. The van der Waals surface area contributed by atoms with Crippen LogP contribution in [0.25, 0.3) is 0 Å². The first-order chi connectivity index (χ1) is 18.3. The molecule has 0 unspecified atom stereocenters. The van der Waals surface area contributed by atoms with E-state index in [1.165, 1.54) is 18.2 Å². The lowest BCUT2D eigenvalue weighted by atomic mass is 9.94. The highest BCUT2D eigenvalue weighted by atomic mass is 32.2. The first kappa shape index (κ1) is 30.1.